The Hall–Kier alpha value is -0.0551. The fraction of sp³-hybridized carbons (Fsp3) is 1.00. The fourth-order valence-corrected chi connectivity index (χ4v) is 4.09. The van der Waals surface area contributed by atoms with Gasteiger partial charge in [0.1, 0.15) is 0 Å². The van der Waals surface area contributed by atoms with Gasteiger partial charge in [-0.05, 0) is 37.0 Å². The summed E-state index contributed by atoms with van der Waals surface area (Å²) in [6.07, 6.45) is 2.57. The molecule has 0 radical (unpaired) electrons. The largest absolute Gasteiger partial charge is 0.555 e. The third-order valence-corrected chi connectivity index (χ3v) is 5.29. The minimum absolute atomic E-state index is 0.0150. The van der Waals surface area contributed by atoms with E-state index in [2.05, 4.69) is 26.0 Å². The molecule has 3 aliphatic carbocycles. The Balaban J connectivity index is 1.89. The lowest BCUT2D eigenvalue weighted by molar-refractivity contribution is -0.183. The lowest BCUT2D eigenvalue weighted by atomic mass is 9.43. The molecule has 1 N–H and O–H groups in total. The van der Waals surface area contributed by atoms with E-state index >= 15 is 0 Å². The molecule has 0 unspecified atom stereocenters. The fourth-order valence-electron chi connectivity index (χ4n) is 4.09. The third-order valence-electron chi connectivity index (χ3n) is 5.29. The van der Waals surface area contributed by atoms with Crippen LogP contribution >= 0.6 is 0 Å². The van der Waals surface area contributed by atoms with Gasteiger partial charge in [0, 0.05) is 13.2 Å². The van der Waals surface area contributed by atoms with Gasteiger partial charge in [-0.1, -0.05) is 13.8 Å². The molecule has 4 aliphatic rings. The first-order valence-electron chi connectivity index (χ1n) is 5.95. The maximum Gasteiger partial charge on any atom is 0.555 e. The molecule has 0 aromatic carbocycles. The van der Waals surface area contributed by atoms with E-state index < -0.39 is 0 Å². The second-order valence-electron chi connectivity index (χ2n) is 6.13. The number of hydrogen-bond donors (Lipinski definition) is 1. The minimum Gasteiger partial charge on any atom is -0.400 e. The van der Waals surface area contributed by atoms with Crippen molar-refractivity contribution in [1.29, 1.82) is 0 Å². The average molecular weight is 209 g/mol. The van der Waals surface area contributed by atoms with Gasteiger partial charge >= 0.3 is 7.25 Å². The lowest BCUT2D eigenvalue weighted by Crippen LogP contribution is -2.66. The molecule has 0 spiro atoms. The average Bonchev–Trinajstić information content (AvgIpc) is 2.53. The van der Waals surface area contributed by atoms with Crippen LogP contribution in [0.15, 0.2) is 0 Å². The molecule has 0 aromatic rings. The third kappa shape index (κ3) is 1.08. The van der Waals surface area contributed by atoms with Gasteiger partial charge in [-0.15, -0.1) is 0 Å². The van der Waals surface area contributed by atoms with E-state index in [1.807, 2.05) is 0 Å². The van der Waals surface area contributed by atoms with Crippen LogP contribution in [0.2, 0.25) is 0 Å². The van der Waals surface area contributed by atoms with Crippen LogP contribution in [0.25, 0.3) is 0 Å². The molecule has 3 nitrogen and oxygen atoms in total. The van der Waals surface area contributed by atoms with E-state index in [4.69, 9.17) is 9.31 Å². The summed E-state index contributed by atoms with van der Waals surface area (Å²) >= 11 is 0. The molecule has 4 heteroatoms. The lowest BCUT2D eigenvalue weighted by Gasteiger charge is -2.65. The van der Waals surface area contributed by atoms with Gasteiger partial charge in [0.2, 0.25) is 0 Å². The summed E-state index contributed by atoms with van der Waals surface area (Å²) in [7, 11) is 1.50. The highest BCUT2D eigenvalue weighted by Gasteiger charge is 2.67. The van der Waals surface area contributed by atoms with Crippen LogP contribution in [0, 0.1) is 17.3 Å². The van der Waals surface area contributed by atoms with Crippen molar-refractivity contribution in [2.24, 2.45) is 17.3 Å². The van der Waals surface area contributed by atoms with E-state index in [1.165, 1.54) is 12.8 Å². The molecular formula is C11H20BNO2. The number of nitrogens with one attached hydrogen (secondary N) is 1. The molecule has 4 fully saturated rings. The molecule has 1 saturated heterocycles. The van der Waals surface area contributed by atoms with Gasteiger partial charge in [-0.25, -0.2) is 0 Å². The van der Waals surface area contributed by atoms with Crippen LogP contribution in [0.4, 0.5) is 0 Å². The first kappa shape index (κ1) is 10.1. The summed E-state index contributed by atoms with van der Waals surface area (Å²) in [6, 6.07) is 0.485. The van der Waals surface area contributed by atoms with Gasteiger partial charge in [0.05, 0.1) is 5.60 Å². The number of rotatable bonds is 1. The molecule has 4 atom stereocenters. The van der Waals surface area contributed by atoms with Crippen molar-refractivity contribution in [2.75, 3.05) is 7.11 Å². The summed E-state index contributed by atoms with van der Waals surface area (Å²) in [5, 5.41) is 3.44. The van der Waals surface area contributed by atoms with Crippen molar-refractivity contribution in [2.45, 2.75) is 45.3 Å². The Morgan fingerprint density at radius 2 is 2.07 bits per heavy atom. The second kappa shape index (κ2) is 2.79. The Morgan fingerprint density at radius 3 is 2.67 bits per heavy atom. The van der Waals surface area contributed by atoms with E-state index in [-0.39, 0.29) is 12.9 Å². The number of hydrogen-bond acceptors (Lipinski definition) is 3. The molecule has 3 saturated carbocycles. The smallest absolute Gasteiger partial charge is 0.400 e. The van der Waals surface area contributed by atoms with Crippen molar-refractivity contribution in [3.63, 3.8) is 0 Å². The highest BCUT2D eigenvalue weighted by molar-refractivity contribution is 6.42. The molecule has 1 aliphatic heterocycles. The Bertz CT molecular complexity index is 296. The zero-order valence-electron chi connectivity index (χ0n) is 10.0. The molecule has 84 valence electrons. The van der Waals surface area contributed by atoms with Crippen molar-refractivity contribution >= 4 is 7.25 Å². The standard InChI is InChI=1S/C11H20BNO2/c1-10(2)7-5-8(10)11(3)9(6-7)13-12(14-4)15-11/h7-9,13H,5-6H2,1-4H3/t7-,8-,9+,11-/m0/s1. The zero-order chi connectivity index (χ0) is 10.8. The summed E-state index contributed by atoms with van der Waals surface area (Å²) < 4.78 is 11.3. The van der Waals surface area contributed by atoms with Crippen molar-refractivity contribution in [3.05, 3.63) is 0 Å². The van der Waals surface area contributed by atoms with Gasteiger partial charge < -0.3 is 9.31 Å². The van der Waals surface area contributed by atoms with Gasteiger partial charge in [-0.3, -0.25) is 5.23 Å². The van der Waals surface area contributed by atoms with Gasteiger partial charge in [-0.2, -0.15) is 0 Å². The second-order valence-corrected chi connectivity index (χ2v) is 6.13. The van der Waals surface area contributed by atoms with E-state index in [0.29, 0.717) is 17.4 Å². The predicted molar refractivity (Wildman–Crippen MR) is 59.2 cm³/mol. The van der Waals surface area contributed by atoms with Crippen molar-refractivity contribution < 1.29 is 9.31 Å². The van der Waals surface area contributed by atoms with Gasteiger partial charge in [0.25, 0.3) is 0 Å². The summed E-state index contributed by atoms with van der Waals surface area (Å²) in [4.78, 5) is 0. The summed E-state index contributed by atoms with van der Waals surface area (Å²) in [6.45, 7) is 7.03. The topological polar surface area (TPSA) is 30.5 Å². The van der Waals surface area contributed by atoms with Crippen LogP contribution in [0.1, 0.15) is 33.6 Å². The molecular weight excluding hydrogens is 189 g/mol. The van der Waals surface area contributed by atoms with Crippen molar-refractivity contribution in [3.8, 4) is 0 Å². The normalized spacial score (nSPS) is 51.2. The predicted octanol–water partition coefficient (Wildman–Crippen LogP) is 1.43. The zero-order valence-corrected chi connectivity index (χ0v) is 10.0. The Morgan fingerprint density at radius 1 is 1.33 bits per heavy atom. The SMILES string of the molecule is COB1N[C@@H]2C[C@@H]3C[C@@H](C3(C)C)[C@]2(C)O1. The van der Waals surface area contributed by atoms with E-state index in [1.54, 1.807) is 7.11 Å². The minimum atomic E-state index is -0.199. The Labute approximate surface area is 92.1 Å². The van der Waals surface area contributed by atoms with Crippen LogP contribution in [0.5, 0.6) is 0 Å². The highest BCUT2D eigenvalue weighted by Crippen LogP contribution is 2.64. The highest BCUT2D eigenvalue weighted by atomic mass is 16.6. The Kier molecular flexibility index (Phi) is 1.88. The van der Waals surface area contributed by atoms with Crippen LogP contribution < -0.4 is 5.23 Å². The van der Waals surface area contributed by atoms with E-state index in [9.17, 15) is 0 Å². The first-order valence-corrected chi connectivity index (χ1v) is 5.95. The molecule has 0 amide bonds. The molecule has 4 rings (SSSR count). The summed E-state index contributed by atoms with van der Waals surface area (Å²) in [5.74, 6) is 1.55. The maximum atomic E-state index is 6.05. The molecule has 0 aromatic heterocycles. The van der Waals surface area contributed by atoms with Gasteiger partial charge in [0.15, 0.2) is 0 Å². The van der Waals surface area contributed by atoms with Crippen molar-refractivity contribution in [1.82, 2.24) is 5.23 Å². The molecule has 1 heterocycles. The summed E-state index contributed by atoms with van der Waals surface area (Å²) in [5.41, 5.74) is 0.439. The van der Waals surface area contributed by atoms with E-state index in [0.717, 1.165) is 5.92 Å². The van der Waals surface area contributed by atoms with Crippen LogP contribution in [-0.4, -0.2) is 26.0 Å². The van der Waals surface area contributed by atoms with Crippen LogP contribution in [0.3, 0.4) is 0 Å². The quantitative estimate of drug-likeness (QED) is 0.662. The van der Waals surface area contributed by atoms with Crippen LogP contribution in [-0.2, 0) is 9.31 Å². The first-order chi connectivity index (χ1) is 6.98. The monoisotopic (exact) mass is 209 g/mol. The molecule has 2 bridgehead atoms. The molecule has 15 heavy (non-hydrogen) atoms. The maximum absolute atomic E-state index is 6.05.